The van der Waals surface area contributed by atoms with Crippen molar-refractivity contribution in [2.24, 2.45) is 0 Å². The third-order valence-electron chi connectivity index (χ3n) is 2.01. The quantitative estimate of drug-likeness (QED) is 0.765. The molecule has 0 radical (unpaired) electrons. The number of allylic oxidation sites excluding steroid dienone is 1. The molecule has 4 heteroatoms. The van der Waals surface area contributed by atoms with Gasteiger partial charge < -0.3 is 5.11 Å². The van der Waals surface area contributed by atoms with Gasteiger partial charge in [-0.3, -0.25) is 0 Å². The highest BCUT2D eigenvalue weighted by Gasteiger charge is 2.09. The van der Waals surface area contributed by atoms with Crippen LogP contribution in [-0.2, 0) is 4.79 Å². The summed E-state index contributed by atoms with van der Waals surface area (Å²) in [5, 5.41) is 8.47. The summed E-state index contributed by atoms with van der Waals surface area (Å²) in [5.74, 6) is -2.36. The molecule has 1 N–H and O–H groups in total. The Hall–Kier alpha value is -1.71. The first-order chi connectivity index (χ1) is 6.91. The maximum atomic E-state index is 13.3. The molecule has 0 atom stereocenters. The SMILES string of the molecule is CC(=CC(=O)O)c1cc(F)c(C)cc1F. The van der Waals surface area contributed by atoms with Gasteiger partial charge in [0.25, 0.3) is 0 Å². The van der Waals surface area contributed by atoms with Gasteiger partial charge in [0.2, 0.25) is 0 Å². The molecule has 0 saturated carbocycles. The fourth-order valence-electron chi connectivity index (χ4n) is 1.21. The van der Waals surface area contributed by atoms with Crippen molar-refractivity contribution < 1.29 is 18.7 Å². The van der Waals surface area contributed by atoms with Crippen molar-refractivity contribution in [2.45, 2.75) is 13.8 Å². The molecule has 0 amide bonds. The summed E-state index contributed by atoms with van der Waals surface area (Å²) in [6.45, 7) is 2.86. The second-order valence-electron chi connectivity index (χ2n) is 3.25. The molecule has 0 aromatic heterocycles. The summed E-state index contributed by atoms with van der Waals surface area (Å²) in [7, 11) is 0. The fraction of sp³-hybridized carbons (Fsp3) is 0.182. The van der Waals surface area contributed by atoms with E-state index in [2.05, 4.69) is 0 Å². The standard InChI is InChI=1S/C11H10F2O2/c1-6(4-11(14)15)8-5-9(12)7(2)3-10(8)13/h3-5H,1-2H3,(H,14,15). The Morgan fingerprint density at radius 1 is 1.33 bits per heavy atom. The van der Waals surface area contributed by atoms with Gasteiger partial charge in [-0.05, 0) is 37.1 Å². The van der Waals surface area contributed by atoms with Gasteiger partial charge in [0.15, 0.2) is 0 Å². The summed E-state index contributed by atoms with van der Waals surface area (Å²) in [5.41, 5.74) is 0.346. The molecule has 0 heterocycles. The van der Waals surface area contributed by atoms with Crippen molar-refractivity contribution in [3.05, 3.63) is 41.0 Å². The minimum atomic E-state index is -1.19. The largest absolute Gasteiger partial charge is 0.478 e. The van der Waals surface area contributed by atoms with Crippen LogP contribution in [0.4, 0.5) is 8.78 Å². The van der Waals surface area contributed by atoms with Crippen molar-refractivity contribution in [3.8, 4) is 0 Å². The molecule has 0 fully saturated rings. The lowest BCUT2D eigenvalue weighted by atomic mass is 10.0. The predicted octanol–water partition coefficient (Wildman–Crippen LogP) is 2.76. The van der Waals surface area contributed by atoms with Crippen LogP contribution in [0.25, 0.3) is 5.57 Å². The topological polar surface area (TPSA) is 37.3 Å². The normalized spacial score (nSPS) is 11.6. The number of hydrogen-bond donors (Lipinski definition) is 1. The van der Waals surface area contributed by atoms with Crippen LogP contribution in [0.5, 0.6) is 0 Å². The predicted molar refractivity (Wildman–Crippen MR) is 52.4 cm³/mol. The van der Waals surface area contributed by atoms with Gasteiger partial charge >= 0.3 is 5.97 Å². The zero-order valence-electron chi connectivity index (χ0n) is 8.34. The molecule has 0 aliphatic carbocycles. The summed E-state index contributed by atoms with van der Waals surface area (Å²) in [4.78, 5) is 10.4. The minimum Gasteiger partial charge on any atom is -0.478 e. The molecule has 1 aromatic rings. The molecule has 15 heavy (non-hydrogen) atoms. The van der Waals surface area contributed by atoms with Crippen molar-refractivity contribution in [2.75, 3.05) is 0 Å². The van der Waals surface area contributed by atoms with Crippen LogP contribution in [0.15, 0.2) is 18.2 Å². The highest BCUT2D eigenvalue weighted by Crippen LogP contribution is 2.21. The molecule has 1 aromatic carbocycles. The zero-order chi connectivity index (χ0) is 11.6. The molecule has 0 aliphatic rings. The first-order valence-corrected chi connectivity index (χ1v) is 4.29. The Labute approximate surface area is 85.9 Å². The lowest BCUT2D eigenvalue weighted by Crippen LogP contribution is -1.95. The molecule has 2 nitrogen and oxygen atoms in total. The second kappa shape index (κ2) is 4.21. The van der Waals surface area contributed by atoms with Crippen LogP contribution in [0.1, 0.15) is 18.1 Å². The van der Waals surface area contributed by atoms with Crippen LogP contribution in [-0.4, -0.2) is 11.1 Å². The van der Waals surface area contributed by atoms with Crippen molar-refractivity contribution in [1.82, 2.24) is 0 Å². The molecule has 80 valence electrons. The number of rotatable bonds is 2. The number of halogens is 2. The van der Waals surface area contributed by atoms with Gasteiger partial charge in [0, 0.05) is 11.6 Å². The van der Waals surface area contributed by atoms with Crippen molar-refractivity contribution in [1.29, 1.82) is 0 Å². The van der Waals surface area contributed by atoms with Gasteiger partial charge in [0.05, 0.1) is 0 Å². The molecule has 0 aliphatic heterocycles. The summed E-state index contributed by atoms with van der Waals surface area (Å²) >= 11 is 0. The number of benzene rings is 1. The number of carboxylic acid groups (broad SMARTS) is 1. The van der Waals surface area contributed by atoms with E-state index in [1.54, 1.807) is 0 Å². The average molecular weight is 212 g/mol. The van der Waals surface area contributed by atoms with Gasteiger partial charge in [0.1, 0.15) is 11.6 Å². The monoisotopic (exact) mass is 212 g/mol. The Balaban J connectivity index is 3.26. The van der Waals surface area contributed by atoms with Crippen LogP contribution < -0.4 is 0 Å². The average Bonchev–Trinajstić information content (AvgIpc) is 2.09. The van der Waals surface area contributed by atoms with E-state index in [0.29, 0.717) is 0 Å². The maximum Gasteiger partial charge on any atom is 0.328 e. The summed E-state index contributed by atoms with van der Waals surface area (Å²) in [6.07, 6.45) is 0.840. The molecule has 0 saturated heterocycles. The van der Waals surface area contributed by atoms with E-state index < -0.39 is 17.6 Å². The van der Waals surface area contributed by atoms with Gasteiger partial charge in [-0.2, -0.15) is 0 Å². The zero-order valence-corrected chi connectivity index (χ0v) is 8.34. The highest BCUT2D eigenvalue weighted by atomic mass is 19.1. The van der Waals surface area contributed by atoms with Crippen molar-refractivity contribution in [3.63, 3.8) is 0 Å². The molecule has 1 rings (SSSR count). The van der Waals surface area contributed by atoms with Crippen LogP contribution >= 0.6 is 0 Å². The first kappa shape index (κ1) is 11.4. The Bertz CT molecular complexity index is 436. The van der Waals surface area contributed by atoms with E-state index in [4.69, 9.17) is 5.11 Å². The minimum absolute atomic E-state index is 0.0273. The fourth-order valence-corrected chi connectivity index (χ4v) is 1.21. The van der Waals surface area contributed by atoms with Crippen LogP contribution in [0.3, 0.4) is 0 Å². The number of hydrogen-bond acceptors (Lipinski definition) is 1. The van der Waals surface area contributed by atoms with E-state index in [0.717, 1.165) is 18.2 Å². The number of carboxylic acids is 1. The molecular weight excluding hydrogens is 202 g/mol. The highest BCUT2D eigenvalue weighted by molar-refractivity contribution is 5.89. The molecule has 0 spiro atoms. The lowest BCUT2D eigenvalue weighted by Gasteiger charge is -2.05. The summed E-state index contributed by atoms with van der Waals surface area (Å²) < 4.78 is 26.4. The third-order valence-corrected chi connectivity index (χ3v) is 2.01. The van der Waals surface area contributed by atoms with Crippen molar-refractivity contribution >= 4 is 11.5 Å². The van der Waals surface area contributed by atoms with Crippen LogP contribution in [0.2, 0.25) is 0 Å². The van der Waals surface area contributed by atoms with E-state index in [1.807, 2.05) is 0 Å². The Kier molecular flexibility index (Phi) is 3.19. The number of aliphatic carboxylic acids is 1. The summed E-state index contributed by atoms with van der Waals surface area (Å²) in [6, 6.07) is 2.04. The molecular formula is C11H10F2O2. The Morgan fingerprint density at radius 2 is 1.93 bits per heavy atom. The van der Waals surface area contributed by atoms with Gasteiger partial charge in [-0.15, -0.1) is 0 Å². The third kappa shape index (κ3) is 2.62. The molecule has 0 unspecified atom stereocenters. The van der Waals surface area contributed by atoms with E-state index >= 15 is 0 Å². The maximum absolute atomic E-state index is 13.3. The van der Waals surface area contributed by atoms with E-state index in [1.165, 1.54) is 13.8 Å². The smallest absolute Gasteiger partial charge is 0.328 e. The van der Waals surface area contributed by atoms with Gasteiger partial charge in [-0.25, -0.2) is 13.6 Å². The second-order valence-corrected chi connectivity index (χ2v) is 3.25. The Morgan fingerprint density at radius 3 is 2.47 bits per heavy atom. The lowest BCUT2D eigenvalue weighted by molar-refractivity contribution is -0.131. The number of aryl methyl sites for hydroxylation is 1. The van der Waals surface area contributed by atoms with E-state index in [-0.39, 0.29) is 16.7 Å². The first-order valence-electron chi connectivity index (χ1n) is 4.29. The van der Waals surface area contributed by atoms with E-state index in [9.17, 15) is 13.6 Å². The van der Waals surface area contributed by atoms with Crippen LogP contribution in [0, 0.1) is 18.6 Å². The molecule has 0 bridgehead atoms. The number of carbonyl (C=O) groups is 1. The van der Waals surface area contributed by atoms with Gasteiger partial charge in [-0.1, -0.05) is 0 Å².